The Labute approximate surface area is 127 Å². The number of nitro groups is 1. The van der Waals surface area contributed by atoms with Crippen LogP contribution in [0.1, 0.15) is 10.4 Å². The summed E-state index contributed by atoms with van der Waals surface area (Å²) in [6.45, 7) is 1.45. The minimum Gasteiger partial charge on any atom is -0.393 e. The highest BCUT2D eigenvalue weighted by Gasteiger charge is 2.25. The van der Waals surface area contributed by atoms with E-state index in [-0.39, 0.29) is 35.3 Å². The molecule has 9 heteroatoms. The molecule has 1 aliphatic heterocycles. The standard InChI is InChI=1S/C12H16N4O4.ClH/c13-9-2-1-7(3-10(9)16(19)20)12(18)15-5-8-4-14-6-11(8)17;/h1-3,8,11,14,17H,4-6,13H2,(H,15,18);1H. The summed E-state index contributed by atoms with van der Waals surface area (Å²) in [5, 5.41) is 26.0. The van der Waals surface area contributed by atoms with Gasteiger partial charge < -0.3 is 21.5 Å². The van der Waals surface area contributed by atoms with Crippen molar-refractivity contribution in [3.8, 4) is 0 Å². The number of amides is 1. The summed E-state index contributed by atoms with van der Waals surface area (Å²) in [6.07, 6.45) is -0.490. The Morgan fingerprint density at radius 1 is 1.52 bits per heavy atom. The molecule has 0 aromatic heterocycles. The fraction of sp³-hybridized carbons (Fsp3) is 0.417. The zero-order valence-electron chi connectivity index (χ0n) is 11.1. The summed E-state index contributed by atoms with van der Waals surface area (Å²) in [6, 6.07) is 3.91. The Balaban J connectivity index is 0.00000220. The molecule has 2 unspecified atom stereocenters. The monoisotopic (exact) mass is 316 g/mol. The number of nitrogens with zero attached hydrogens (tertiary/aromatic N) is 1. The van der Waals surface area contributed by atoms with Crippen LogP contribution in [-0.2, 0) is 0 Å². The molecule has 1 fully saturated rings. The molecule has 1 aliphatic rings. The molecule has 21 heavy (non-hydrogen) atoms. The largest absolute Gasteiger partial charge is 0.393 e. The van der Waals surface area contributed by atoms with Crippen LogP contribution < -0.4 is 16.4 Å². The van der Waals surface area contributed by atoms with Crippen molar-refractivity contribution in [1.82, 2.24) is 10.6 Å². The van der Waals surface area contributed by atoms with E-state index >= 15 is 0 Å². The average Bonchev–Trinajstić information content (AvgIpc) is 2.81. The lowest BCUT2D eigenvalue weighted by atomic mass is 10.1. The number of rotatable bonds is 4. The predicted octanol–water partition coefficient (Wildman–Crippen LogP) is -0.0911. The van der Waals surface area contributed by atoms with E-state index in [1.165, 1.54) is 12.1 Å². The number of carbonyl (C=O) groups is 1. The van der Waals surface area contributed by atoms with Gasteiger partial charge in [-0.15, -0.1) is 12.4 Å². The van der Waals surface area contributed by atoms with Crippen molar-refractivity contribution < 1.29 is 14.8 Å². The maximum absolute atomic E-state index is 11.9. The summed E-state index contributed by atoms with van der Waals surface area (Å²) in [5.41, 5.74) is 5.36. The van der Waals surface area contributed by atoms with Crippen molar-refractivity contribution >= 4 is 29.7 Å². The second-order valence-corrected chi connectivity index (χ2v) is 4.73. The van der Waals surface area contributed by atoms with Gasteiger partial charge in [-0.05, 0) is 12.1 Å². The lowest BCUT2D eigenvalue weighted by Gasteiger charge is -2.14. The molecule has 2 atom stereocenters. The number of nitro benzene ring substituents is 1. The number of aliphatic hydroxyl groups is 1. The van der Waals surface area contributed by atoms with E-state index in [0.29, 0.717) is 19.6 Å². The van der Waals surface area contributed by atoms with Crippen LogP contribution in [0.3, 0.4) is 0 Å². The molecule has 0 saturated carbocycles. The van der Waals surface area contributed by atoms with Gasteiger partial charge in [-0.3, -0.25) is 14.9 Å². The van der Waals surface area contributed by atoms with E-state index < -0.39 is 16.9 Å². The summed E-state index contributed by atoms with van der Waals surface area (Å²) in [4.78, 5) is 22.0. The third-order valence-corrected chi connectivity index (χ3v) is 3.32. The van der Waals surface area contributed by atoms with E-state index in [9.17, 15) is 20.0 Å². The summed E-state index contributed by atoms with van der Waals surface area (Å²) in [7, 11) is 0. The number of aliphatic hydroxyl groups excluding tert-OH is 1. The molecule has 1 saturated heterocycles. The molecule has 0 aliphatic carbocycles. The molecular formula is C12H17ClN4O4. The van der Waals surface area contributed by atoms with Gasteiger partial charge in [0.15, 0.2) is 0 Å². The van der Waals surface area contributed by atoms with Crippen molar-refractivity contribution in [2.75, 3.05) is 25.4 Å². The first kappa shape index (κ1) is 17.2. The highest BCUT2D eigenvalue weighted by molar-refractivity contribution is 5.95. The molecule has 2 rings (SSSR count). The lowest BCUT2D eigenvalue weighted by Crippen LogP contribution is -2.34. The van der Waals surface area contributed by atoms with Crippen LogP contribution in [0.4, 0.5) is 11.4 Å². The predicted molar refractivity (Wildman–Crippen MR) is 79.5 cm³/mol. The fourth-order valence-electron chi connectivity index (χ4n) is 2.10. The Bertz CT molecular complexity index is 540. The van der Waals surface area contributed by atoms with E-state index in [2.05, 4.69) is 10.6 Å². The first-order valence-corrected chi connectivity index (χ1v) is 6.20. The quantitative estimate of drug-likeness (QED) is 0.349. The molecule has 116 valence electrons. The zero-order valence-corrected chi connectivity index (χ0v) is 11.9. The van der Waals surface area contributed by atoms with Crippen molar-refractivity contribution in [1.29, 1.82) is 0 Å². The van der Waals surface area contributed by atoms with E-state index in [1.54, 1.807) is 0 Å². The number of hydrogen-bond donors (Lipinski definition) is 4. The number of β-amino-alcohol motifs (C(OH)–C–C–N with tert-alkyl or cyclic N) is 1. The Hall–Kier alpha value is -1.90. The van der Waals surface area contributed by atoms with E-state index in [1.807, 2.05) is 0 Å². The number of benzene rings is 1. The zero-order chi connectivity index (χ0) is 14.7. The van der Waals surface area contributed by atoms with E-state index in [4.69, 9.17) is 5.73 Å². The molecule has 0 spiro atoms. The smallest absolute Gasteiger partial charge is 0.292 e. The molecule has 0 bridgehead atoms. The lowest BCUT2D eigenvalue weighted by molar-refractivity contribution is -0.383. The van der Waals surface area contributed by atoms with Crippen molar-refractivity contribution in [3.05, 3.63) is 33.9 Å². The number of nitrogen functional groups attached to an aromatic ring is 1. The van der Waals surface area contributed by atoms with Gasteiger partial charge >= 0.3 is 0 Å². The van der Waals surface area contributed by atoms with Gasteiger partial charge in [0, 0.05) is 37.2 Å². The molecular weight excluding hydrogens is 300 g/mol. The average molecular weight is 317 g/mol. The van der Waals surface area contributed by atoms with Crippen molar-refractivity contribution in [3.63, 3.8) is 0 Å². The van der Waals surface area contributed by atoms with Crippen molar-refractivity contribution in [2.24, 2.45) is 5.92 Å². The third kappa shape index (κ3) is 4.03. The SMILES string of the molecule is Cl.Nc1ccc(C(=O)NCC2CNCC2O)cc1[N+](=O)[O-]. The van der Waals surface area contributed by atoms with Gasteiger partial charge in [0.2, 0.25) is 0 Å². The first-order chi connectivity index (χ1) is 9.49. The maximum atomic E-state index is 11.9. The molecule has 1 amide bonds. The van der Waals surface area contributed by atoms with Gasteiger partial charge in [-0.2, -0.15) is 0 Å². The summed E-state index contributed by atoms with van der Waals surface area (Å²) < 4.78 is 0. The topological polar surface area (TPSA) is 131 Å². The van der Waals surface area contributed by atoms with Crippen molar-refractivity contribution in [2.45, 2.75) is 6.10 Å². The number of carbonyl (C=O) groups excluding carboxylic acids is 1. The molecule has 8 nitrogen and oxygen atoms in total. The van der Waals surface area contributed by atoms with Crippen LogP contribution in [0.5, 0.6) is 0 Å². The van der Waals surface area contributed by atoms with Crippen LogP contribution in [0.25, 0.3) is 0 Å². The molecule has 0 radical (unpaired) electrons. The number of halogens is 1. The van der Waals surface area contributed by atoms with Crippen LogP contribution in [0.15, 0.2) is 18.2 Å². The second-order valence-electron chi connectivity index (χ2n) is 4.73. The number of anilines is 1. The number of hydrogen-bond acceptors (Lipinski definition) is 6. The maximum Gasteiger partial charge on any atom is 0.292 e. The van der Waals surface area contributed by atoms with E-state index in [0.717, 1.165) is 6.07 Å². The van der Waals surface area contributed by atoms with Crippen LogP contribution in [0, 0.1) is 16.0 Å². The van der Waals surface area contributed by atoms with Crippen LogP contribution in [0.2, 0.25) is 0 Å². The van der Waals surface area contributed by atoms with Gasteiger partial charge in [0.25, 0.3) is 11.6 Å². The Morgan fingerprint density at radius 3 is 2.81 bits per heavy atom. The van der Waals surface area contributed by atoms with Gasteiger partial charge in [0.1, 0.15) is 5.69 Å². The first-order valence-electron chi connectivity index (χ1n) is 6.20. The van der Waals surface area contributed by atoms with Crippen LogP contribution in [-0.4, -0.2) is 41.7 Å². The molecule has 5 N–H and O–H groups in total. The molecule has 1 aromatic rings. The summed E-state index contributed by atoms with van der Waals surface area (Å²) >= 11 is 0. The minimum absolute atomic E-state index is 0. The summed E-state index contributed by atoms with van der Waals surface area (Å²) in [5.74, 6) is -0.477. The third-order valence-electron chi connectivity index (χ3n) is 3.32. The molecule has 1 heterocycles. The number of nitrogens with two attached hydrogens (primary N) is 1. The minimum atomic E-state index is -0.628. The highest BCUT2D eigenvalue weighted by Crippen LogP contribution is 2.22. The molecule has 1 aromatic carbocycles. The second kappa shape index (κ2) is 7.21. The Morgan fingerprint density at radius 2 is 2.24 bits per heavy atom. The van der Waals surface area contributed by atoms with Gasteiger partial charge in [0.05, 0.1) is 11.0 Å². The van der Waals surface area contributed by atoms with Gasteiger partial charge in [-0.1, -0.05) is 0 Å². The normalized spacial score (nSPS) is 20.6. The Kier molecular flexibility index (Phi) is 5.89. The number of nitrogens with one attached hydrogen (secondary N) is 2. The highest BCUT2D eigenvalue weighted by atomic mass is 35.5. The van der Waals surface area contributed by atoms with Gasteiger partial charge in [-0.25, -0.2) is 0 Å². The van der Waals surface area contributed by atoms with Crippen LogP contribution >= 0.6 is 12.4 Å². The fourth-order valence-corrected chi connectivity index (χ4v) is 2.10.